The minimum absolute atomic E-state index is 0.140. The number of anilines is 1. The van der Waals surface area contributed by atoms with Crippen LogP contribution in [0.25, 0.3) is 10.6 Å². The zero-order valence-electron chi connectivity index (χ0n) is 12.4. The van der Waals surface area contributed by atoms with Crippen molar-refractivity contribution in [2.24, 2.45) is 0 Å². The van der Waals surface area contributed by atoms with Crippen molar-refractivity contribution < 1.29 is 4.79 Å². The van der Waals surface area contributed by atoms with E-state index in [4.69, 9.17) is 11.6 Å². The van der Waals surface area contributed by atoms with Crippen molar-refractivity contribution in [1.29, 1.82) is 0 Å². The Hall–Kier alpha value is -2.24. The Balaban J connectivity index is 1.66. The summed E-state index contributed by atoms with van der Waals surface area (Å²) < 4.78 is 0. The topological polar surface area (TPSA) is 54.9 Å². The molecule has 3 rings (SSSR count). The van der Waals surface area contributed by atoms with Crippen LogP contribution < -0.4 is 5.32 Å². The summed E-state index contributed by atoms with van der Waals surface area (Å²) in [5.74, 6) is -0.140. The van der Waals surface area contributed by atoms with E-state index in [1.54, 1.807) is 12.1 Å². The summed E-state index contributed by atoms with van der Waals surface area (Å²) in [6, 6.07) is 15.3. The molecule has 0 aliphatic rings. The van der Waals surface area contributed by atoms with Gasteiger partial charge in [-0.15, -0.1) is 10.2 Å². The van der Waals surface area contributed by atoms with E-state index in [2.05, 4.69) is 15.5 Å². The molecule has 3 aromatic rings. The van der Waals surface area contributed by atoms with Crippen LogP contribution in [0.3, 0.4) is 0 Å². The highest BCUT2D eigenvalue weighted by atomic mass is 35.5. The molecule has 1 N–H and O–H groups in total. The predicted octanol–water partition coefficient (Wildman–Crippen LogP) is 4.35. The van der Waals surface area contributed by atoms with Gasteiger partial charge in [0.25, 0.3) is 0 Å². The molecule has 0 aliphatic heterocycles. The van der Waals surface area contributed by atoms with Gasteiger partial charge in [0.2, 0.25) is 11.0 Å². The van der Waals surface area contributed by atoms with E-state index >= 15 is 0 Å². The van der Waals surface area contributed by atoms with Crippen LogP contribution in [0.2, 0.25) is 5.02 Å². The lowest BCUT2D eigenvalue weighted by molar-refractivity contribution is -0.115. The third kappa shape index (κ3) is 4.15. The van der Waals surface area contributed by atoms with E-state index in [-0.39, 0.29) is 12.3 Å². The van der Waals surface area contributed by atoms with Crippen molar-refractivity contribution >= 4 is 34.0 Å². The van der Waals surface area contributed by atoms with Crippen molar-refractivity contribution in [3.8, 4) is 10.6 Å². The van der Waals surface area contributed by atoms with Gasteiger partial charge in [-0.2, -0.15) is 0 Å². The second-order valence-corrected chi connectivity index (χ2v) is 6.55. The molecule has 0 unspecified atom stereocenters. The van der Waals surface area contributed by atoms with Crippen molar-refractivity contribution in [2.75, 3.05) is 5.32 Å². The standard InChI is InChI=1S/C17H14ClN3OS/c1-11-5-7-13(8-6-11)16-20-21-17(23-16)19-15(22)10-12-3-2-4-14(18)9-12/h2-9H,10H2,1H3,(H,19,21,22). The maximum absolute atomic E-state index is 12.1. The Morgan fingerprint density at radius 1 is 1.17 bits per heavy atom. The van der Waals surface area contributed by atoms with Gasteiger partial charge in [-0.25, -0.2) is 0 Å². The summed E-state index contributed by atoms with van der Waals surface area (Å²) in [7, 11) is 0. The van der Waals surface area contributed by atoms with E-state index in [1.807, 2.05) is 43.3 Å². The second-order valence-electron chi connectivity index (χ2n) is 5.13. The lowest BCUT2D eigenvalue weighted by Crippen LogP contribution is -2.14. The number of rotatable bonds is 4. The van der Waals surface area contributed by atoms with Crippen molar-refractivity contribution in [3.63, 3.8) is 0 Å². The number of hydrogen-bond acceptors (Lipinski definition) is 4. The number of halogens is 1. The smallest absolute Gasteiger partial charge is 0.230 e. The monoisotopic (exact) mass is 343 g/mol. The summed E-state index contributed by atoms with van der Waals surface area (Å²) in [6.07, 6.45) is 0.250. The van der Waals surface area contributed by atoms with E-state index in [0.717, 1.165) is 16.1 Å². The van der Waals surface area contributed by atoms with Gasteiger partial charge >= 0.3 is 0 Å². The van der Waals surface area contributed by atoms with Crippen LogP contribution in [0, 0.1) is 6.92 Å². The van der Waals surface area contributed by atoms with Gasteiger partial charge < -0.3 is 5.32 Å². The molecule has 1 amide bonds. The predicted molar refractivity (Wildman–Crippen MR) is 93.9 cm³/mol. The van der Waals surface area contributed by atoms with Crippen molar-refractivity contribution in [3.05, 3.63) is 64.7 Å². The molecule has 1 heterocycles. The van der Waals surface area contributed by atoms with Crippen LogP contribution in [-0.2, 0) is 11.2 Å². The summed E-state index contributed by atoms with van der Waals surface area (Å²) >= 11 is 7.27. The first-order valence-electron chi connectivity index (χ1n) is 7.05. The number of carbonyl (C=O) groups is 1. The Kier molecular flexibility index (Phi) is 4.69. The number of amides is 1. The fraction of sp³-hybridized carbons (Fsp3) is 0.118. The molecule has 0 atom stereocenters. The molecule has 2 aromatic carbocycles. The zero-order chi connectivity index (χ0) is 16.2. The highest BCUT2D eigenvalue weighted by Gasteiger charge is 2.10. The van der Waals surface area contributed by atoms with Crippen LogP contribution in [-0.4, -0.2) is 16.1 Å². The second kappa shape index (κ2) is 6.89. The van der Waals surface area contributed by atoms with E-state index in [0.29, 0.717) is 10.2 Å². The van der Waals surface area contributed by atoms with Gasteiger partial charge in [0.05, 0.1) is 6.42 Å². The zero-order valence-corrected chi connectivity index (χ0v) is 14.0. The average molecular weight is 344 g/mol. The number of carbonyl (C=O) groups excluding carboxylic acids is 1. The van der Waals surface area contributed by atoms with Crippen molar-refractivity contribution in [2.45, 2.75) is 13.3 Å². The highest BCUT2D eigenvalue weighted by molar-refractivity contribution is 7.18. The molecule has 116 valence electrons. The SMILES string of the molecule is Cc1ccc(-c2nnc(NC(=O)Cc3cccc(Cl)c3)s2)cc1. The average Bonchev–Trinajstić information content (AvgIpc) is 2.96. The molecule has 0 saturated carbocycles. The van der Waals surface area contributed by atoms with Crippen LogP contribution in [0.1, 0.15) is 11.1 Å². The summed E-state index contributed by atoms with van der Waals surface area (Å²) in [5, 5.41) is 12.8. The fourth-order valence-corrected chi connectivity index (χ4v) is 3.06. The minimum Gasteiger partial charge on any atom is -0.300 e. The number of aryl methyl sites for hydroxylation is 1. The molecule has 0 fully saturated rings. The van der Waals surface area contributed by atoms with E-state index in [9.17, 15) is 4.79 Å². The van der Waals surface area contributed by atoms with Gasteiger partial charge in [0.15, 0.2) is 0 Å². The van der Waals surface area contributed by atoms with E-state index < -0.39 is 0 Å². The first-order valence-corrected chi connectivity index (χ1v) is 8.24. The van der Waals surface area contributed by atoms with Crippen LogP contribution in [0.5, 0.6) is 0 Å². The molecule has 23 heavy (non-hydrogen) atoms. The number of hydrogen-bond donors (Lipinski definition) is 1. The van der Waals surface area contributed by atoms with Gasteiger partial charge in [0, 0.05) is 10.6 Å². The quantitative estimate of drug-likeness (QED) is 0.766. The Labute approximate surface area is 143 Å². The third-order valence-electron chi connectivity index (χ3n) is 3.22. The first-order chi connectivity index (χ1) is 11.1. The summed E-state index contributed by atoms with van der Waals surface area (Å²) in [4.78, 5) is 12.1. The van der Waals surface area contributed by atoms with Crippen LogP contribution in [0.15, 0.2) is 48.5 Å². The molecular weight excluding hydrogens is 330 g/mol. The molecule has 0 radical (unpaired) electrons. The fourth-order valence-electron chi connectivity index (χ4n) is 2.08. The molecule has 0 bridgehead atoms. The van der Waals surface area contributed by atoms with Crippen LogP contribution in [0.4, 0.5) is 5.13 Å². The summed E-state index contributed by atoms with van der Waals surface area (Å²) in [6.45, 7) is 2.03. The number of aromatic nitrogens is 2. The first kappa shape index (κ1) is 15.6. The molecule has 1 aromatic heterocycles. The molecule has 0 spiro atoms. The van der Waals surface area contributed by atoms with Crippen molar-refractivity contribution in [1.82, 2.24) is 10.2 Å². The Morgan fingerprint density at radius 2 is 1.96 bits per heavy atom. The maximum Gasteiger partial charge on any atom is 0.230 e. The molecule has 0 saturated heterocycles. The third-order valence-corrected chi connectivity index (χ3v) is 4.35. The normalized spacial score (nSPS) is 10.5. The number of nitrogens with one attached hydrogen (secondary N) is 1. The molecule has 6 heteroatoms. The van der Waals surface area contributed by atoms with Gasteiger partial charge in [-0.1, -0.05) is 64.9 Å². The highest BCUT2D eigenvalue weighted by Crippen LogP contribution is 2.26. The Bertz CT molecular complexity index is 830. The van der Waals surface area contributed by atoms with Gasteiger partial charge in [-0.3, -0.25) is 4.79 Å². The van der Waals surface area contributed by atoms with Gasteiger partial charge in [0.1, 0.15) is 5.01 Å². The summed E-state index contributed by atoms with van der Waals surface area (Å²) in [5.41, 5.74) is 3.04. The van der Waals surface area contributed by atoms with Crippen LogP contribution >= 0.6 is 22.9 Å². The molecule has 0 aliphatic carbocycles. The number of nitrogens with zero attached hydrogens (tertiary/aromatic N) is 2. The minimum atomic E-state index is -0.140. The maximum atomic E-state index is 12.1. The van der Waals surface area contributed by atoms with E-state index in [1.165, 1.54) is 16.9 Å². The molecular formula is C17H14ClN3OS. The molecule has 4 nitrogen and oxygen atoms in total. The lowest BCUT2D eigenvalue weighted by Gasteiger charge is -2.02. The lowest BCUT2D eigenvalue weighted by atomic mass is 10.1. The number of benzene rings is 2. The Morgan fingerprint density at radius 3 is 2.70 bits per heavy atom. The largest absolute Gasteiger partial charge is 0.300 e. The van der Waals surface area contributed by atoms with Gasteiger partial charge in [-0.05, 0) is 24.6 Å².